The van der Waals surface area contributed by atoms with Crippen LogP contribution in [0.5, 0.6) is 0 Å². The van der Waals surface area contributed by atoms with E-state index in [0.717, 1.165) is 12.8 Å². The van der Waals surface area contributed by atoms with Gasteiger partial charge in [-0.2, -0.15) is 0 Å². The zero-order valence-corrected chi connectivity index (χ0v) is 27.0. The summed E-state index contributed by atoms with van der Waals surface area (Å²) in [6.07, 6.45) is 3.38. The lowest BCUT2D eigenvalue weighted by Crippen LogP contribution is -2.55. The van der Waals surface area contributed by atoms with Gasteiger partial charge in [0, 0.05) is 12.3 Å². The van der Waals surface area contributed by atoms with E-state index < -0.39 is 5.79 Å². The largest absolute Gasteiger partial charge is 0.372 e. The fourth-order valence-electron chi connectivity index (χ4n) is 7.24. The monoisotopic (exact) mass is 538 g/mol. The first-order chi connectivity index (χ1) is 17.7. The molecule has 3 rings (SSSR count). The fraction of sp³-hybridized carbons (Fsp3) is 1.00. The fourth-order valence-corrected chi connectivity index (χ4v) is 7.24. The first-order valence-electron chi connectivity index (χ1n) is 16.0. The Hall–Kier alpha value is -0.200. The molecule has 0 saturated carbocycles. The first-order valence-corrected chi connectivity index (χ1v) is 16.0. The van der Waals surface area contributed by atoms with Crippen LogP contribution >= 0.6 is 0 Å². The van der Waals surface area contributed by atoms with Crippen LogP contribution in [0.1, 0.15) is 109 Å². The lowest BCUT2D eigenvalue weighted by Gasteiger charge is -2.50. The maximum absolute atomic E-state index is 6.83. The molecule has 0 aromatic heterocycles. The summed E-state index contributed by atoms with van der Waals surface area (Å²) in [6.45, 7) is 30.3. The van der Waals surface area contributed by atoms with Crippen molar-refractivity contribution in [2.75, 3.05) is 6.61 Å². The van der Waals surface area contributed by atoms with E-state index in [-0.39, 0.29) is 36.8 Å². The SMILES string of the molecule is CCC(C)C(C)C1OC(C)(OCC2OC(OC3C(CC)OC(C)C(C)C3C)C(C)C(C)C2C)CC(C)C1C. The predicted molar refractivity (Wildman–Crippen MR) is 155 cm³/mol. The van der Waals surface area contributed by atoms with Crippen LogP contribution in [0.25, 0.3) is 0 Å². The highest BCUT2D eigenvalue weighted by Crippen LogP contribution is 2.44. The van der Waals surface area contributed by atoms with E-state index >= 15 is 0 Å². The predicted octanol–water partition coefficient (Wildman–Crippen LogP) is 7.95. The molecule has 0 amide bonds. The normalized spacial score (nSPS) is 50.0. The quantitative estimate of drug-likeness (QED) is 0.298. The molecule has 0 aromatic carbocycles. The maximum atomic E-state index is 6.83. The molecule has 3 heterocycles. The summed E-state index contributed by atoms with van der Waals surface area (Å²) in [5, 5.41) is 0. The number of hydrogen-bond acceptors (Lipinski definition) is 5. The molecule has 16 unspecified atom stereocenters. The molecular weight excluding hydrogens is 476 g/mol. The van der Waals surface area contributed by atoms with E-state index in [0.29, 0.717) is 59.9 Å². The third kappa shape index (κ3) is 6.81. The molecule has 0 radical (unpaired) electrons. The van der Waals surface area contributed by atoms with Crippen LogP contribution in [-0.2, 0) is 23.7 Å². The van der Waals surface area contributed by atoms with Gasteiger partial charge in [0.1, 0.15) is 0 Å². The van der Waals surface area contributed by atoms with E-state index in [4.69, 9.17) is 23.7 Å². The maximum Gasteiger partial charge on any atom is 0.166 e. The third-order valence-electron chi connectivity index (χ3n) is 11.6. The van der Waals surface area contributed by atoms with Crippen molar-refractivity contribution in [3.8, 4) is 0 Å². The number of hydrogen-bond donors (Lipinski definition) is 0. The molecule has 0 spiro atoms. The smallest absolute Gasteiger partial charge is 0.166 e. The van der Waals surface area contributed by atoms with Crippen molar-refractivity contribution >= 4 is 0 Å². The van der Waals surface area contributed by atoms with Gasteiger partial charge in [0.05, 0.1) is 37.1 Å². The van der Waals surface area contributed by atoms with Gasteiger partial charge >= 0.3 is 0 Å². The van der Waals surface area contributed by atoms with Gasteiger partial charge in [-0.3, -0.25) is 0 Å². The zero-order chi connectivity index (χ0) is 28.5. The summed E-state index contributed by atoms with van der Waals surface area (Å²) in [7, 11) is 0. The lowest BCUT2D eigenvalue weighted by molar-refractivity contribution is -0.333. The van der Waals surface area contributed by atoms with Crippen molar-refractivity contribution in [2.24, 2.45) is 53.3 Å². The molecule has 3 aliphatic rings. The highest BCUT2D eigenvalue weighted by molar-refractivity contribution is 4.91. The Morgan fingerprint density at radius 1 is 0.789 bits per heavy atom. The van der Waals surface area contributed by atoms with Crippen molar-refractivity contribution in [3.63, 3.8) is 0 Å². The van der Waals surface area contributed by atoms with Crippen molar-refractivity contribution in [2.45, 2.75) is 152 Å². The van der Waals surface area contributed by atoms with Gasteiger partial charge in [-0.15, -0.1) is 0 Å². The second-order valence-corrected chi connectivity index (χ2v) is 14.0. The molecule has 0 aromatic rings. The van der Waals surface area contributed by atoms with E-state index in [1.54, 1.807) is 0 Å². The molecule has 0 aliphatic carbocycles. The van der Waals surface area contributed by atoms with Crippen molar-refractivity contribution < 1.29 is 23.7 Å². The first kappa shape index (κ1) is 32.3. The summed E-state index contributed by atoms with van der Waals surface area (Å²) < 4.78 is 33.4. The Morgan fingerprint density at radius 3 is 2.05 bits per heavy atom. The topological polar surface area (TPSA) is 46.2 Å². The van der Waals surface area contributed by atoms with Gasteiger partial charge < -0.3 is 23.7 Å². The molecule has 3 fully saturated rings. The minimum atomic E-state index is -0.589. The molecule has 16 atom stereocenters. The van der Waals surface area contributed by atoms with Crippen molar-refractivity contribution in [3.05, 3.63) is 0 Å². The van der Waals surface area contributed by atoms with Crippen LogP contribution < -0.4 is 0 Å². The highest BCUT2D eigenvalue weighted by atomic mass is 16.7. The Bertz CT molecular complexity index is 728. The standard InChI is InChI=1S/C33H62O5/c1-14-18(3)20(5)30-21(6)19(4)16-33(13,38-30)34-17-29-24(9)22(7)26(11)32(36-29)37-31-25(10)23(8)27(12)35-28(31)15-2/h18-32H,14-17H2,1-13H3. The second kappa shape index (κ2) is 13.2. The van der Waals surface area contributed by atoms with E-state index in [1.807, 2.05) is 0 Å². The van der Waals surface area contributed by atoms with Crippen LogP contribution in [0, 0.1) is 53.3 Å². The molecule has 3 aliphatic heterocycles. The third-order valence-corrected chi connectivity index (χ3v) is 11.6. The van der Waals surface area contributed by atoms with Crippen LogP contribution in [0.3, 0.4) is 0 Å². The van der Waals surface area contributed by atoms with Gasteiger partial charge in [-0.25, -0.2) is 0 Å². The second-order valence-electron chi connectivity index (χ2n) is 14.0. The lowest BCUT2D eigenvalue weighted by atomic mass is 9.74. The van der Waals surface area contributed by atoms with Gasteiger partial charge in [0.2, 0.25) is 0 Å². The van der Waals surface area contributed by atoms with Crippen molar-refractivity contribution in [1.82, 2.24) is 0 Å². The minimum Gasteiger partial charge on any atom is -0.372 e. The summed E-state index contributed by atoms with van der Waals surface area (Å²) in [4.78, 5) is 0. The Balaban J connectivity index is 1.70. The number of ether oxygens (including phenoxy) is 5. The molecule has 224 valence electrons. The van der Waals surface area contributed by atoms with Gasteiger partial charge in [0.15, 0.2) is 12.1 Å². The van der Waals surface area contributed by atoms with E-state index in [1.165, 1.54) is 6.42 Å². The Labute approximate surface area is 235 Å². The highest BCUT2D eigenvalue weighted by Gasteiger charge is 2.48. The molecule has 0 bridgehead atoms. The average molecular weight is 539 g/mol. The summed E-state index contributed by atoms with van der Waals surface area (Å²) in [5.41, 5.74) is 0. The van der Waals surface area contributed by atoms with Crippen molar-refractivity contribution in [1.29, 1.82) is 0 Å². The van der Waals surface area contributed by atoms with Crippen LogP contribution in [0.2, 0.25) is 0 Å². The van der Waals surface area contributed by atoms with Gasteiger partial charge in [0.25, 0.3) is 0 Å². The van der Waals surface area contributed by atoms with E-state index in [9.17, 15) is 0 Å². The molecule has 0 N–H and O–H groups in total. The minimum absolute atomic E-state index is 0.0250. The van der Waals surface area contributed by atoms with Crippen LogP contribution in [0.15, 0.2) is 0 Å². The number of rotatable bonds is 9. The molecule has 5 nitrogen and oxygen atoms in total. The van der Waals surface area contributed by atoms with Gasteiger partial charge in [-0.05, 0) is 67.6 Å². The summed E-state index contributed by atoms with van der Waals surface area (Å²) in [5.74, 6) is 3.65. The Morgan fingerprint density at radius 2 is 1.45 bits per heavy atom. The average Bonchev–Trinajstić information content (AvgIpc) is 2.89. The van der Waals surface area contributed by atoms with E-state index in [2.05, 4.69) is 90.0 Å². The summed E-state index contributed by atoms with van der Waals surface area (Å²) in [6, 6.07) is 0. The Kier molecular flexibility index (Phi) is 11.2. The summed E-state index contributed by atoms with van der Waals surface area (Å²) >= 11 is 0. The molecule has 38 heavy (non-hydrogen) atoms. The van der Waals surface area contributed by atoms with Gasteiger partial charge in [-0.1, -0.05) is 82.6 Å². The molecule has 3 saturated heterocycles. The van der Waals surface area contributed by atoms with Crippen LogP contribution in [-0.4, -0.2) is 49.2 Å². The molecular formula is C33H62O5. The van der Waals surface area contributed by atoms with Crippen LogP contribution in [0.4, 0.5) is 0 Å². The molecule has 5 heteroatoms. The zero-order valence-electron chi connectivity index (χ0n) is 27.0.